The van der Waals surface area contributed by atoms with Gasteiger partial charge in [0.25, 0.3) is 0 Å². The lowest BCUT2D eigenvalue weighted by Gasteiger charge is -2.27. The molecule has 0 saturated carbocycles. The molecular weight excluding hydrogens is 885 g/mol. The third-order valence-electron chi connectivity index (χ3n) is 11.2. The number of anilines is 1. The first-order valence-electron chi connectivity index (χ1n) is 23.2. The Balaban J connectivity index is 1.59. The fourth-order valence-electron chi connectivity index (χ4n) is 7.69. The summed E-state index contributed by atoms with van der Waals surface area (Å²) in [5, 5.41) is 10.1. The van der Waals surface area contributed by atoms with Crippen molar-refractivity contribution in [3.05, 3.63) is 82.6 Å². The number of methoxy groups -OCH3 is 2. The van der Waals surface area contributed by atoms with Gasteiger partial charge >= 0.3 is 5.97 Å². The number of benzene rings is 2. The molecule has 1 N–H and O–H groups in total. The van der Waals surface area contributed by atoms with Gasteiger partial charge in [-0.25, -0.2) is 13.0 Å². The molecule has 2 heterocycles. The molecule has 0 spiro atoms. The second-order valence-corrected chi connectivity index (χ2v) is 19.0. The molecule has 0 fully saturated rings. The molecule has 0 radical (unpaired) electrons. The zero-order valence-corrected chi connectivity index (χ0v) is 41.5. The van der Waals surface area contributed by atoms with Crippen molar-refractivity contribution in [3.8, 4) is 11.3 Å². The summed E-state index contributed by atoms with van der Waals surface area (Å²) >= 11 is 0. The quantitative estimate of drug-likeness (QED) is 0.0420. The SMILES string of the molecule is COCCOCCOCCOCC[N+](CCOCCOCCOCCOC)=c1ccc2c(C(C)(C)C)cc(/C=C/C=C3/N(CCCCCC(=O)O)c4ccc(S(=O)(=O)[O-])cc4C3(C)C)oc-2c1. The molecule has 3 aliphatic rings. The number of carboxylic acid groups (broad SMARTS) is 1. The van der Waals surface area contributed by atoms with Crippen LogP contribution in [0.1, 0.15) is 77.2 Å². The minimum absolute atomic E-state index is 0.0965. The second-order valence-electron chi connectivity index (χ2n) is 17.7. The van der Waals surface area contributed by atoms with Gasteiger partial charge in [-0.05, 0) is 71.9 Å². The van der Waals surface area contributed by atoms with E-state index >= 15 is 0 Å². The highest BCUT2D eigenvalue weighted by Gasteiger charge is 2.40. The minimum Gasteiger partial charge on any atom is -0.744 e. The smallest absolute Gasteiger partial charge is 0.303 e. The number of carbonyl (C=O) groups is 1. The Kier molecular flexibility index (Phi) is 23.6. The Morgan fingerprint density at radius 3 is 1.84 bits per heavy atom. The van der Waals surface area contributed by atoms with E-state index in [4.69, 9.17) is 47.4 Å². The molecule has 1 aromatic rings. The molecule has 17 heteroatoms. The predicted octanol–water partition coefficient (Wildman–Crippen LogP) is 6.09. The summed E-state index contributed by atoms with van der Waals surface area (Å²) in [6, 6.07) is 12.9. The van der Waals surface area contributed by atoms with Crippen LogP contribution in [-0.2, 0) is 63.6 Å². The number of aliphatic carboxylic acids is 1. The van der Waals surface area contributed by atoms with Crippen molar-refractivity contribution in [2.45, 2.75) is 76.0 Å². The van der Waals surface area contributed by atoms with Gasteiger partial charge in [-0.15, -0.1) is 0 Å². The lowest BCUT2D eigenvalue weighted by Crippen LogP contribution is -2.36. The van der Waals surface area contributed by atoms with E-state index in [0.29, 0.717) is 136 Å². The summed E-state index contributed by atoms with van der Waals surface area (Å²) in [6.45, 7) is 19.1. The molecule has 0 unspecified atom stereocenters. The van der Waals surface area contributed by atoms with E-state index in [0.717, 1.165) is 39.9 Å². The van der Waals surface area contributed by atoms with Crippen molar-refractivity contribution < 1.29 is 65.2 Å². The zero-order chi connectivity index (χ0) is 48.7. The van der Waals surface area contributed by atoms with E-state index in [1.165, 1.54) is 12.1 Å². The van der Waals surface area contributed by atoms with Crippen molar-refractivity contribution in [1.82, 2.24) is 4.58 Å². The molecule has 0 atom stereocenters. The molecule has 1 aliphatic carbocycles. The predicted molar refractivity (Wildman–Crippen MR) is 256 cm³/mol. The zero-order valence-electron chi connectivity index (χ0n) is 40.7. The second kappa shape index (κ2) is 28.5. The molecule has 374 valence electrons. The van der Waals surface area contributed by atoms with Gasteiger partial charge < -0.3 is 56.9 Å². The molecule has 0 amide bonds. The largest absolute Gasteiger partial charge is 0.744 e. The van der Waals surface area contributed by atoms with Crippen molar-refractivity contribution in [2.75, 3.05) is 131 Å². The molecule has 2 aliphatic heterocycles. The Labute approximate surface area is 397 Å². The molecule has 16 nitrogen and oxygen atoms in total. The van der Waals surface area contributed by atoms with Crippen LogP contribution >= 0.6 is 0 Å². The van der Waals surface area contributed by atoms with Crippen LogP contribution in [0.15, 0.2) is 69.6 Å². The highest BCUT2D eigenvalue weighted by atomic mass is 32.2. The molecule has 0 aromatic heterocycles. The molecule has 1 aromatic carbocycles. The summed E-state index contributed by atoms with van der Waals surface area (Å²) in [5.41, 5.74) is 3.69. The summed E-state index contributed by atoms with van der Waals surface area (Å²) < 4.78 is 89.2. The maximum Gasteiger partial charge on any atom is 0.303 e. The average molecular weight is 959 g/mol. The Bertz CT molecular complexity index is 2150. The van der Waals surface area contributed by atoms with Gasteiger partial charge in [0.1, 0.15) is 34.9 Å². The lowest BCUT2D eigenvalue weighted by molar-refractivity contribution is -0.137. The van der Waals surface area contributed by atoms with Crippen LogP contribution in [0.2, 0.25) is 0 Å². The summed E-state index contributed by atoms with van der Waals surface area (Å²) in [6.07, 6.45) is 7.94. The topological polar surface area (TPSA) is 188 Å². The van der Waals surface area contributed by atoms with Crippen LogP contribution < -0.4 is 14.8 Å². The minimum atomic E-state index is -4.67. The van der Waals surface area contributed by atoms with Crippen LogP contribution in [0, 0.1) is 0 Å². The van der Waals surface area contributed by atoms with E-state index < -0.39 is 21.5 Å². The van der Waals surface area contributed by atoms with Gasteiger partial charge in [0.15, 0.2) is 13.1 Å². The molecule has 0 saturated heterocycles. The van der Waals surface area contributed by atoms with E-state index in [1.807, 2.05) is 32.1 Å². The van der Waals surface area contributed by atoms with Crippen molar-refractivity contribution in [3.63, 3.8) is 0 Å². The van der Waals surface area contributed by atoms with Crippen LogP contribution in [0.3, 0.4) is 0 Å². The molecular formula is C50H74N2O14S. The number of fused-ring (bicyclic) bond motifs is 2. The Morgan fingerprint density at radius 2 is 1.31 bits per heavy atom. The van der Waals surface area contributed by atoms with Gasteiger partial charge in [-0.3, -0.25) is 4.79 Å². The normalized spacial score (nSPS) is 14.5. The Hall–Kier alpha value is -4.01. The first-order valence-corrected chi connectivity index (χ1v) is 24.6. The van der Waals surface area contributed by atoms with E-state index in [9.17, 15) is 17.8 Å². The summed E-state index contributed by atoms with van der Waals surface area (Å²) in [4.78, 5) is 13.0. The monoisotopic (exact) mass is 958 g/mol. The van der Waals surface area contributed by atoms with Crippen LogP contribution in [0.4, 0.5) is 5.69 Å². The fraction of sp³-hybridized carbons (Fsp3) is 0.600. The number of unbranched alkanes of at least 4 members (excludes halogenated alkanes) is 2. The van der Waals surface area contributed by atoms with E-state index in [2.05, 4.69) is 54.5 Å². The number of nitrogens with zero attached hydrogens (tertiary/aromatic N) is 2. The fourth-order valence-corrected chi connectivity index (χ4v) is 8.19. The first-order chi connectivity index (χ1) is 32.1. The number of hydrogen-bond acceptors (Lipinski definition) is 14. The highest BCUT2D eigenvalue weighted by molar-refractivity contribution is 7.85. The molecule has 0 bridgehead atoms. The number of rotatable bonds is 33. The number of ether oxygens (including phenoxy) is 8. The van der Waals surface area contributed by atoms with Gasteiger partial charge in [-0.1, -0.05) is 47.1 Å². The van der Waals surface area contributed by atoms with Crippen molar-refractivity contribution >= 4 is 27.9 Å². The van der Waals surface area contributed by atoms with E-state index in [1.54, 1.807) is 20.3 Å². The molecule has 67 heavy (non-hydrogen) atoms. The maximum atomic E-state index is 12.1. The summed E-state index contributed by atoms with van der Waals surface area (Å²) in [5.74, 6) is 0.533. The number of carboxylic acids is 1. The number of allylic oxidation sites excluding steroid dienone is 3. The van der Waals surface area contributed by atoms with Crippen LogP contribution in [-0.4, -0.2) is 150 Å². The van der Waals surface area contributed by atoms with Gasteiger partial charge in [0.2, 0.25) is 5.36 Å². The van der Waals surface area contributed by atoms with Crippen LogP contribution in [0.5, 0.6) is 0 Å². The van der Waals surface area contributed by atoms with Crippen molar-refractivity contribution in [2.24, 2.45) is 0 Å². The standard InChI is InChI=1S/C50H74N2O14S/c1-49(2,3)43-37-40(12-11-13-47-50(4,5)44-38-41(67(55,56)57)16-18-45(44)52(47)19-10-8-9-14-48(53)54)66-46-36-39(15-17-42(43)46)51(20-22-60-28-30-64-34-32-62-26-24-58-6)21-23-61-29-31-65-35-33-63-27-25-59-7/h11-13,15-18,36-38H,8-10,14,19-35H2,1-7H3,(H-,53,54,55,56,57). The van der Waals surface area contributed by atoms with Gasteiger partial charge in [0, 0.05) is 55.6 Å². The van der Waals surface area contributed by atoms with Gasteiger partial charge in [-0.2, -0.15) is 0 Å². The first kappa shape index (κ1) is 55.6. The lowest BCUT2D eigenvalue weighted by atomic mass is 9.82. The maximum absolute atomic E-state index is 12.1. The van der Waals surface area contributed by atoms with Gasteiger partial charge in [0.05, 0.1) is 90.2 Å². The highest BCUT2D eigenvalue weighted by Crippen LogP contribution is 2.48. The third kappa shape index (κ3) is 18.4. The van der Waals surface area contributed by atoms with Crippen molar-refractivity contribution in [1.29, 1.82) is 0 Å². The van der Waals surface area contributed by atoms with Crippen LogP contribution in [0.25, 0.3) is 17.4 Å². The van der Waals surface area contributed by atoms with E-state index in [-0.39, 0.29) is 16.7 Å². The number of hydrogen-bond donors (Lipinski definition) is 1. The third-order valence-corrected chi connectivity index (χ3v) is 12.1. The Morgan fingerprint density at radius 1 is 0.761 bits per heavy atom. The molecule has 4 rings (SSSR count). The summed E-state index contributed by atoms with van der Waals surface area (Å²) in [7, 11) is -1.39. The average Bonchev–Trinajstić information content (AvgIpc) is 3.49.